The second kappa shape index (κ2) is 13.4. The summed E-state index contributed by atoms with van der Waals surface area (Å²) in [5.74, 6) is 10.6. The van der Waals surface area contributed by atoms with Crippen LogP contribution >= 0.6 is 0 Å². The minimum Gasteiger partial charge on any atom is -0.497 e. The number of methoxy groups -OCH3 is 1. The Balaban J connectivity index is 1.08. The molecular weight excluding hydrogens is 617 g/mol. The molecule has 0 amide bonds. The lowest BCUT2D eigenvalue weighted by Gasteiger charge is -2.61. The monoisotopic (exact) mass is 674 g/mol. The van der Waals surface area contributed by atoms with Crippen LogP contribution in [0.4, 0.5) is 0 Å². The molecule has 4 saturated carbocycles. The van der Waals surface area contributed by atoms with E-state index in [2.05, 4.69) is 107 Å². The average molecular weight is 675 g/mol. The third-order valence-corrected chi connectivity index (χ3v) is 19.4. The second-order valence-electron chi connectivity index (χ2n) is 17.5. The van der Waals surface area contributed by atoms with E-state index in [9.17, 15) is 5.11 Å². The molecule has 3 nitrogen and oxygen atoms in total. The largest absolute Gasteiger partial charge is 0.497 e. The minimum absolute atomic E-state index is 0.00451. The molecule has 0 aliphatic heterocycles. The molecule has 260 valence electrons. The summed E-state index contributed by atoms with van der Waals surface area (Å²) in [5.41, 5.74) is 1.48. The molecule has 0 bridgehead atoms. The zero-order chi connectivity index (χ0) is 34.4. The first kappa shape index (κ1) is 34.6. The topological polar surface area (TPSA) is 38.7 Å². The smallest absolute Gasteiger partial charge is 0.261 e. The van der Waals surface area contributed by atoms with Crippen molar-refractivity contribution in [3.05, 3.63) is 90.5 Å². The summed E-state index contributed by atoms with van der Waals surface area (Å²) >= 11 is 0. The molecule has 1 N–H and O–H groups in total. The Kier molecular flexibility index (Phi) is 9.44. The van der Waals surface area contributed by atoms with Crippen LogP contribution in [0.25, 0.3) is 0 Å². The Morgan fingerprint density at radius 3 is 1.98 bits per heavy atom. The van der Waals surface area contributed by atoms with Gasteiger partial charge in [-0.05, 0) is 132 Å². The summed E-state index contributed by atoms with van der Waals surface area (Å²) < 4.78 is 13.0. The lowest BCUT2D eigenvalue weighted by atomic mass is 9.44. The number of hydrogen-bond acceptors (Lipinski definition) is 3. The third kappa shape index (κ3) is 6.02. The maximum absolute atomic E-state index is 11.5. The molecule has 49 heavy (non-hydrogen) atoms. The maximum Gasteiger partial charge on any atom is 0.261 e. The molecular formula is C45H58O3Si. The van der Waals surface area contributed by atoms with Crippen molar-refractivity contribution in [1.82, 2.24) is 0 Å². The van der Waals surface area contributed by atoms with Gasteiger partial charge in [-0.25, -0.2) is 0 Å². The molecule has 4 fully saturated rings. The number of benzene rings is 3. The molecule has 3 aromatic rings. The van der Waals surface area contributed by atoms with Crippen LogP contribution in [0.2, 0.25) is 5.04 Å². The molecule has 3 aromatic carbocycles. The van der Waals surface area contributed by atoms with Crippen molar-refractivity contribution in [3.63, 3.8) is 0 Å². The molecule has 0 aromatic heterocycles. The first-order valence-corrected chi connectivity index (χ1v) is 21.0. The van der Waals surface area contributed by atoms with E-state index in [1.165, 1.54) is 55.3 Å². The van der Waals surface area contributed by atoms with E-state index in [0.717, 1.165) is 36.0 Å². The van der Waals surface area contributed by atoms with Gasteiger partial charge in [0.1, 0.15) is 11.9 Å². The van der Waals surface area contributed by atoms with E-state index in [0.29, 0.717) is 23.4 Å². The first-order chi connectivity index (χ1) is 23.5. The van der Waals surface area contributed by atoms with Gasteiger partial charge in [-0.2, -0.15) is 0 Å². The van der Waals surface area contributed by atoms with Crippen LogP contribution in [-0.2, 0) is 4.43 Å². The Hall–Kier alpha value is -2.84. The van der Waals surface area contributed by atoms with E-state index >= 15 is 0 Å². The van der Waals surface area contributed by atoms with Crippen LogP contribution in [-0.4, -0.2) is 32.7 Å². The van der Waals surface area contributed by atoms with Crippen LogP contribution in [0.5, 0.6) is 5.75 Å². The van der Waals surface area contributed by atoms with Gasteiger partial charge >= 0.3 is 0 Å². The molecule has 4 aliphatic rings. The summed E-state index contributed by atoms with van der Waals surface area (Å²) in [4.78, 5) is 0. The van der Waals surface area contributed by atoms with E-state index in [4.69, 9.17) is 9.16 Å². The van der Waals surface area contributed by atoms with E-state index < -0.39 is 14.4 Å². The predicted octanol–water partition coefficient (Wildman–Crippen LogP) is 9.01. The van der Waals surface area contributed by atoms with Gasteiger partial charge in [0, 0.05) is 17.6 Å². The van der Waals surface area contributed by atoms with Crippen molar-refractivity contribution in [2.45, 2.75) is 110 Å². The molecule has 0 saturated heterocycles. The first-order valence-electron chi connectivity index (χ1n) is 19.1. The fraction of sp³-hybridized carbons (Fsp3) is 0.556. The van der Waals surface area contributed by atoms with Gasteiger partial charge < -0.3 is 14.3 Å². The molecule has 7 rings (SSSR count). The summed E-state index contributed by atoms with van der Waals surface area (Å²) in [5, 5.41) is 14.3. The second-order valence-corrected chi connectivity index (χ2v) is 21.8. The summed E-state index contributed by atoms with van der Waals surface area (Å²) in [6, 6.07) is 30.2. The number of aliphatic hydroxyl groups is 1. The van der Waals surface area contributed by atoms with E-state index in [-0.39, 0.29) is 16.4 Å². The number of aliphatic hydroxyl groups excluding tert-OH is 1. The highest BCUT2D eigenvalue weighted by molar-refractivity contribution is 6.99. The predicted molar refractivity (Wildman–Crippen MR) is 204 cm³/mol. The van der Waals surface area contributed by atoms with Gasteiger partial charge in [-0.15, -0.1) is 0 Å². The standard InChI is InChI=1S/C45H58O3Si/c1-43(2,3)49(36-13-9-7-10-14-36,37-15-11-8-12-16-37)48-35-27-29-44(4)33(31-35)20-23-38-39-24-25-41(45(39,5)30-28-40(38)44)42(46)26-19-32-17-21-34(47-6)22-18-32/h7-18,21-22,33,35,38-42,46H,20,23-25,27-31H2,1-6H3/t33-,35+,38-,39-,40-,41+,42+,44-,45-/m0/s1. The fourth-order valence-corrected chi connectivity index (χ4v) is 16.5. The quantitative estimate of drug-likeness (QED) is 0.210. The minimum atomic E-state index is -2.57. The number of fused-ring (bicyclic) bond motifs is 5. The number of ether oxygens (including phenoxy) is 1. The molecule has 4 heteroatoms. The van der Waals surface area contributed by atoms with Gasteiger partial charge in [-0.3, -0.25) is 0 Å². The van der Waals surface area contributed by atoms with Crippen molar-refractivity contribution in [2.24, 2.45) is 40.4 Å². The molecule has 4 aliphatic carbocycles. The number of rotatable bonds is 6. The summed E-state index contributed by atoms with van der Waals surface area (Å²) in [6.07, 6.45) is 10.8. The van der Waals surface area contributed by atoms with Gasteiger partial charge in [0.25, 0.3) is 8.32 Å². The van der Waals surface area contributed by atoms with Crippen LogP contribution < -0.4 is 15.1 Å². The highest BCUT2D eigenvalue weighted by Crippen LogP contribution is 2.68. The molecule has 0 unspecified atom stereocenters. The lowest BCUT2D eigenvalue weighted by molar-refractivity contribution is -0.129. The highest BCUT2D eigenvalue weighted by atomic mass is 28.4. The molecule has 9 atom stereocenters. The lowest BCUT2D eigenvalue weighted by Crippen LogP contribution is -2.68. The fourth-order valence-electron chi connectivity index (χ4n) is 11.8. The molecule has 0 heterocycles. The van der Waals surface area contributed by atoms with Crippen molar-refractivity contribution in [2.75, 3.05) is 7.11 Å². The normalized spacial score (nSPS) is 33.3. The van der Waals surface area contributed by atoms with Crippen LogP contribution in [0.15, 0.2) is 84.9 Å². The van der Waals surface area contributed by atoms with Crippen LogP contribution in [0.1, 0.15) is 98.0 Å². The molecule has 0 spiro atoms. The summed E-state index contributed by atoms with van der Waals surface area (Å²) in [6.45, 7) is 12.4. The summed E-state index contributed by atoms with van der Waals surface area (Å²) in [7, 11) is -0.891. The Morgan fingerprint density at radius 1 is 0.755 bits per heavy atom. The van der Waals surface area contributed by atoms with Gasteiger partial charge in [-0.1, -0.05) is 107 Å². The number of hydrogen-bond donors (Lipinski definition) is 1. The van der Waals surface area contributed by atoms with Gasteiger partial charge in [0.2, 0.25) is 0 Å². The zero-order valence-electron chi connectivity index (χ0n) is 30.8. The zero-order valence-corrected chi connectivity index (χ0v) is 31.8. The van der Waals surface area contributed by atoms with Crippen molar-refractivity contribution < 1.29 is 14.3 Å². The van der Waals surface area contributed by atoms with E-state index in [1.54, 1.807) is 7.11 Å². The SMILES string of the molecule is COc1ccc(C#C[C@@H](O)[C@H]2CC[C@H]3[C@@H]4CC[C@H]5C[C@H](O[Si](c6ccccc6)(c6ccccc6)C(C)(C)C)CC[C@]5(C)[C@H]4CC[C@]23C)cc1. The average Bonchev–Trinajstić information content (AvgIpc) is 3.47. The van der Waals surface area contributed by atoms with Crippen molar-refractivity contribution in [3.8, 4) is 17.6 Å². The highest BCUT2D eigenvalue weighted by Gasteiger charge is 2.61. The Labute approximate surface area is 297 Å². The van der Waals surface area contributed by atoms with Gasteiger partial charge in [0.05, 0.1) is 7.11 Å². The van der Waals surface area contributed by atoms with Crippen LogP contribution in [0, 0.1) is 52.3 Å². The Bertz CT molecular complexity index is 1600. The van der Waals surface area contributed by atoms with Gasteiger partial charge in [0.15, 0.2) is 0 Å². The molecule has 0 radical (unpaired) electrons. The maximum atomic E-state index is 11.5. The third-order valence-electron chi connectivity index (χ3n) is 14.3. The van der Waals surface area contributed by atoms with Crippen molar-refractivity contribution >= 4 is 18.7 Å². The van der Waals surface area contributed by atoms with Crippen molar-refractivity contribution in [1.29, 1.82) is 0 Å². The van der Waals surface area contributed by atoms with Crippen LogP contribution in [0.3, 0.4) is 0 Å². The van der Waals surface area contributed by atoms with E-state index in [1.807, 2.05) is 24.3 Å². The Morgan fingerprint density at radius 2 is 1.37 bits per heavy atom.